The van der Waals surface area contributed by atoms with Crippen LogP contribution in [0.2, 0.25) is 0 Å². The van der Waals surface area contributed by atoms with Crippen molar-refractivity contribution in [2.24, 2.45) is 0 Å². The molecule has 0 aliphatic rings. The number of rotatable bonds is 38. The summed E-state index contributed by atoms with van der Waals surface area (Å²) >= 11 is 0. The molecule has 9 nitrogen and oxygen atoms in total. The predicted octanol–water partition coefficient (Wildman–Crippen LogP) is 11.6. The highest BCUT2D eigenvalue weighted by atomic mass is 31.2. The van der Waals surface area contributed by atoms with Crippen molar-refractivity contribution in [1.29, 1.82) is 0 Å². The Hall–Kier alpha value is -2.29. The molecule has 2 unspecified atom stereocenters. The molecule has 0 saturated heterocycles. The van der Waals surface area contributed by atoms with Crippen molar-refractivity contribution < 1.29 is 37.6 Å². The van der Waals surface area contributed by atoms with Gasteiger partial charge in [-0.15, -0.1) is 0 Å². The van der Waals surface area contributed by atoms with Crippen LogP contribution in [0.1, 0.15) is 162 Å². The molecule has 0 aromatic carbocycles. The summed E-state index contributed by atoms with van der Waals surface area (Å²) in [6.45, 7) is 4.05. The van der Waals surface area contributed by atoms with E-state index < -0.39 is 26.5 Å². The third-order valence-corrected chi connectivity index (χ3v) is 9.39. The van der Waals surface area contributed by atoms with Crippen LogP contribution < -0.4 is 5.32 Å². The van der Waals surface area contributed by atoms with E-state index in [0.29, 0.717) is 13.0 Å². The fraction of sp³-hybridized carbons (Fsp3) is 0.721. The number of carbonyl (C=O) groups is 2. The lowest BCUT2D eigenvalue weighted by molar-refractivity contribution is -0.161. The molecule has 0 fully saturated rings. The third kappa shape index (κ3) is 39.2. The number of carbonyl (C=O) groups excluding carboxylic acids is 2. The number of unbranched alkanes of at least 4 members (excludes halogenated alkanes) is 14. The first-order chi connectivity index (χ1) is 25.8. The molecule has 0 aliphatic carbocycles. The molecule has 0 spiro atoms. The fourth-order valence-electron chi connectivity index (χ4n) is 5.28. The number of likely N-dealkylation sites (N-methyl/N-ethyl adjacent to an activating group) is 1. The van der Waals surface area contributed by atoms with Gasteiger partial charge in [-0.3, -0.25) is 18.6 Å². The number of hydrogen-bond acceptors (Lipinski definition) is 8. The van der Waals surface area contributed by atoms with Gasteiger partial charge in [0.1, 0.15) is 6.61 Å². The van der Waals surface area contributed by atoms with Gasteiger partial charge in [-0.1, -0.05) is 152 Å². The summed E-state index contributed by atoms with van der Waals surface area (Å²) in [4.78, 5) is 35.0. The molecule has 0 heterocycles. The van der Waals surface area contributed by atoms with E-state index in [9.17, 15) is 19.0 Å². The summed E-state index contributed by atoms with van der Waals surface area (Å²) in [5.74, 6) is -0.847. The van der Waals surface area contributed by atoms with Crippen LogP contribution >= 0.6 is 7.82 Å². The number of phosphoric acid groups is 1. The molecule has 2 atom stereocenters. The highest BCUT2D eigenvalue weighted by molar-refractivity contribution is 7.47. The van der Waals surface area contributed by atoms with Gasteiger partial charge in [-0.2, -0.15) is 0 Å². The maximum Gasteiger partial charge on any atom is 0.472 e. The lowest BCUT2D eigenvalue weighted by Gasteiger charge is -2.20. The minimum atomic E-state index is -4.36. The van der Waals surface area contributed by atoms with Crippen LogP contribution in [0.3, 0.4) is 0 Å². The minimum absolute atomic E-state index is 0.0254. The number of esters is 2. The summed E-state index contributed by atoms with van der Waals surface area (Å²) < 4.78 is 33.1. The van der Waals surface area contributed by atoms with Crippen LogP contribution in [0.4, 0.5) is 0 Å². The molecule has 0 amide bonds. The van der Waals surface area contributed by atoms with Crippen LogP contribution in [-0.4, -0.2) is 56.3 Å². The van der Waals surface area contributed by atoms with Crippen molar-refractivity contribution in [3.05, 3.63) is 60.8 Å². The van der Waals surface area contributed by atoms with Gasteiger partial charge in [0.2, 0.25) is 0 Å². The first-order valence-electron chi connectivity index (χ1n) is 20.7. The molecule has 0 aromatic heterocycles. The summed E-state index contributed by atoms with van der Waals surface area (Å²) in [5, 5.41) is 2.82. The Morgan fingerprint density at radius 1 is 0.604 bits per heavy atom. The molecule has 0 radical (unpaired) electrons. The van der Waals surface area contributed by atoms with Crippen molar-refractivity contribution in [1.82, 2.24) is 5.32 Å². The second kappa shape index (κ2) is 39.4. The van der Waals surface area contributed by atoms with Crippen molar-refractivity contribution in [3.8, 4) is 0 Å². The standard InChI is InChI=1S/C43H76NO8P/c1-4-6-8-10-12-14-16-18-19-20-21-22-23-24-26-28-30-32-34-36-43(46)52-41(40-51-53(47,48)50-38-37-44-3)39-49-42(45)35-33-31-29-27-25-17-15-13-11-9-7-5-2/h6,8,12,14,18-19,21-22,24,26,41,44H,4-5,7,9-11,13,15-17,20,23,25,27-40H2,1-3H3,(H,47,48)/b8-6-,14-12-,19-18-,22-21-,26-24-. The maximum absolute atomic E-state index is 12.6. The average molecular weight is 766 g/mol. The van der Waals surface area contributed by atoms with Gasteiger partial charge in [0.25, 0.3) is 0 Å². The van der Waals surface area contributed by atoms with E-state index >= 15 is 0 Å². The largest absolute Gasteiger partial charge is 0.472 e. The Labute approximate surface area is 323 Å². The molecule has 53 heavy (non-hydrogen) atoms. The van der Waals surface area contributed by atoms with Gasteiger partial charge in [0, 0.05) is 19.4 Å². The highest BCUT2D eigenvalue weighted by Crippen LogP contribution is 2.43. The van der Waals surface area contributed by atoms with E-state index in [0.717, 1.165) is 70.6 Å². The zero-order chi connectivity index (χ0) is 38.9. The normalized spacial score (nSPS) is 14.0. The lowest BCUT2D eigenvalue weighted by Crippen LogP contribution is -2.29. The van der Waals surface area contributed by atoms with E-state index in [1.165, 1.54) is 57.8 Å². The molecular formula is C43H76NO8P. The van der Waals surface area contributed by atoms with Crippen molar-refractivity contribution >= 4 is 19.8 Å². The van der Waals surface area contributed by atoms with Crippen molar-refractivity contribution in [2.75, 3.05) is 33.4 Å². The Balaban J connectivity index is 4.32. The first kappa shape index (κ1) is 50.7. The topological polar surface area (TPSA) is 120 Å². The Kier molecular flexibility index (Phi) is 37.7. The molecule has 0 aliphatic heterocycles. The fourth-order valence-corrected chi connectivity index (χ4v) is 6.04. The Bertz CT molecular complexity index is 1050. The summed E-state index contributed by atoms with van der Waals surface area (Å²) in [7, 11) is -2.66. The van der Waals surface area contributed by atoms with Gasteiger partial charge in [-0.25, -0.2) is 4.57 Å². The molecule has 0 bridgehead atoms. The van der Waals surface area contributed by atoms with E-state index in [4.69, 9.17) is 18.5 Å². The molecule has 10 heteroatoms. The third-order valence-electron chi connectivity index (χ3n) is 8.40. The molecule has 0 saturated carbocycles. The van der Waals surface area contributed by atoms with Crippen molar-refractivity contribution in [3.63, 3.8) is 0 Å². The van der Waals surface area contributed by atoms with Crippen LogP contribution in [-0.2, 0) is 32.7 Å². The molecular weight excluding hydrogens is 689 g/mol. The van der Waals surface area contributed by atoms with Gasteiger partial charge in [0.15, 0.2) is 6.10 Å². The predicted molar refractivity (Wildman–Crippen MR) is 220 cm³/mol. The van der Waals surface area contributed by atoms with Crippen LogP contribution in [0.15, 0.2) is 60.8 Å². The summed E-state index contributed by atoms with van der Waals surface area (Å²) in [5.41, 5.74) is 0. The smallest absolute Gasteiger partial charge is 0.462 e. The second-order valence-electron chi connectivity index (χ2n) is 13.4. The van der Waals surface area contributed by atoms with E-state index in [1.807, 2.05) is 0 Å². The Morgan fingerprint density at radius 3 is 1.60 bits per heavy atom. The van der Waals surface area contributed by atoms with E-state index in [1.54, 1.807) is 7.05 Å². The monoisotopic (exact) mass is 766 g/mol. The zero-order valence-corrected chi connectivity index (χ0v) is 34.6. The summed E-state index contributed by atoms with van der Waals surface area (Å²) in [6, 6.07) is 0. The van der Waals surface area contributed by atoms with Gasteiger partial charge in [0.05, 0.1) is 13.2 Å². The molecule has 0 aromatic rings. The highest BCUT2D eigenvalue weighted by Gasteiger charge is 2.26. The number of nitrogens with one attached hydrogen (secondary N) is 1. The van der Waals surface area contributed by atoms with E-state index in [-0.39, 0.29) is 32.0 Å². The average Bonchev–Trinajstić information content (AvgIpc) is 3.14. The Morgan fingerprint density at radius 2 is 1.08 bits per heavy atom. The minimum Gasteiger partial charge on any atom is -0.462 e. The van der Waals surface area contributed by atoms with Crippen LogP contribution in [0.5, 0.6) is 0 Å². The molecule has 306 valence electrons. The van der Waals surface area contributed by atoms with Gasteiger partial charge < -0.3 is 19.7 Å². The van der Waals surface area contributed by atoms with Crippen molar-refractivity contribution in [2.45, 2.75) is 168 Å². The van der Waals surface area contributed by atoms with E-state index in [2.05, 4.69) is 79.9 Å². The van der Waals surface area contributed by atoms with Gasteiger partial charge in [-0.05, 0) is 64.8 Å². The van der Waals surface area contributed by atoms with Crippen LogP contribution in [0, 0.1) is 0 Å². The molecule has 0 rings (SSSR count). The van der Waals surface area contributed by atoms with Gasteiger partial charge >= 0.3 is 19.8 Å². The SMILES string of the molecule is CC/C=C\C/C=C\C/C=C\C/C=C\C/C=C\CCCCCC(=O)OC(COC(=O)CCCCCCCCCCCCCC)COP(=O)(O)OCCNC. The second-order valence-corrected chi connectivity index (χ2v) is 14.9. The summed E-state index contributed by atoms with van der Waals surface area (Å²) in [6.07, 6.45) is 44.1. The lowest BCUT2D eigenvalue weighted by atomic mass is 10.0. The molecule has 2 N–H and O–H groups in total. The number of allylic oxidation sites excluding steroid dienone is 10. The quantitative estimate of drug-likeness (QED) is 0.0274. The number of phosphoric ester groups is 1. The zero-order valence-electron chi connectivity index (χ0n) is 33.7. The first-order valence-corrected chi connectivity index (χ1v) is 22.2. The maximum atomic E-state index is 12.6. The number of hydrogen-bond donors (Lipinski definition) is 2. The number of ether oxygens (including phenoxy) is 2. The van der Waals surface area contributed by atoms with Crippen LogP contribution in [0.25, 0.3) is 0 Å².